The van der Waals surface area contributed by atoms with E-state index in [0.29, 0.717) is 5.56 Å². The molecule has 0 aliphatic carbocycles. The van der Waals surface area contributed by atoms with E-state index in [0.717, 1.165) is 46.1 Å². The third-order valence-electron chi connectivity index (χ3n) is 12.7. The van der Waals surface area contributed by atoms with Gasteiger partial charge in [-0.2, -0.15) is 57.6 Å². The number of benzene rings is 5. The predicted octanol–water partition coefficient (Wildman–Crippen LogP) is 12.5. The van der Waals surface area contributed by atoms with Crippen molar-refractivity contribution in [3.63, 3.8) is 0 Å². The van der Waals surface area contributed by atoms with Crippen LogP contribution in [0.1, 0.15) is 61.8 Å². The number of imidazole rings is 1. The van der Waals surface area contributed by atoms with E-state index in [-0.39, 0.29) is 155 Å². The van der Waals surface area contributed by atoms with Gasteiger partial charge < -0.3 is 20.5 Å². The molecule has 0 saturated carbocycles. The van der Waals surface area contributed by atoms with Gasteiger partial charge in [0.2, 0.25) is 17.7 Å². The van der Waals surface area contributed by atoms with Crippen LogP contribution in [0.5, 0.6) is 11.6 Å². The van der Waals surface area contributed by atoms with Gasteiger partial charge in [0.25, 0.3) is 50.6 Å². The van der Waals surface area contributed by atoms with Crippen LogP contribution in [0, 0.1) is 32.1 Å². The van der Waals surface area contributed by atoms with Crippen molar-refractivity contribution in [3.05, 3.63) is 94.0 Å². The third kappa shape index (κ3) is 20.0. The number of pyridine rings is 1. The Morgan fingerprint density at radius 2 is 1.13 bits per heavy atom. The smallest absolute Gasteiger partial charge is 0.296 e. The van der Waals surface area contributed by atoms with Gasteiger partial charge >= 0.3 is 0 Å². The molecule has 8 N–H and O–H groups in total. The standard InChI is InChI=1S/C53H54ClN13O19S7/c1-28-19-42(63-66-51-30(3)35(27-55)52-58-50-29(2)18-34(92(80,81)82)21-45(50)67(52)53(51)70)46(86-12-6-7-15-89(71,72)73)24-37(28)60-64-43-23-39(57-32(5)69)41(26-48(43)88-14-9-17-91(77,78)79)62-65-44-22-38(56-31(4)68)40(25-47(44)87-13-8-16-90(74,75)76)61-59-33-10-11-36(54)49(20-33)93(83,84)85/h10-11,18-26,70H,6-9,12-17H2,1-5H3,(H,56,68)(H,57,69)(H,71,72,73)(H,74,75,76)(H,77,78,79)(H,80,81,82)(H,83,84,85). The molecule has 93 heavy (non-hydrogen) atoms. The maximum atomic E-state index is 12.9. The summed E-state index contributed by atoms with van der Waals surface area (Å²) in [6, 6.07) is 15.9. The first kappa shape index (κ1) is 72.4. The number of aromatic nitrogens is 2. The molecule has 0 unspecified atom stereocenters. The minimum absolute atomic E-state index is 0.00296. The van der Waals surface area contributed by atoms with Crippen LogP contribution in [0.2, 0.25) is 5.02 Å². The molecule has 0 spiro atoms. The van der Waals surface area contributed by atoms with E-state index in [4.69, 9.17) is 16.3 Å². The van der Waals surface area contributed by atoms with E-state index < -0.39 is 95.3 Å². The maximum Gasteiger partial charge on any atom is 0.296 e. The number of fused-ring (bicyclic) bond motifs is 3. The number of thioether (sulfide) groups is 2. The molecule has 2 aromatic heterocycles. The Morgan fingerprint density at radius 1 is 0.613 bits per heavy atom. The molecule has 7 rings (SSSR count). The van der Waals surface area contributed by atoms with Gasteiger partial charge in [-0.1, -0.05) is 11.6 Å². The molecule has 494 valence electrons. The number of ether oxygens (including phenoxy) is 1. The van der Waals surface area contributed by atoms with Crippen molar-refractivity contribution in [2.24, 2.45) is 40.9 Å². The number of amides is 2. The SMILES string of the molecule is CC(=O)Nc1cc(N=Nc2cc(SCCCS(=O)(=O)O)c(N=Nc3cc(OCCCCS(=O)(=O)O)c(N=Nc4c(C)c(C#N)c5nc6c(C)cc(S(=O)(=O)O)cc6n5c4O)cc3C)cc2NC(C)=O)c(SCCCS(=O)(=O)O)cc1N=Nc1ccc(Cl)c(S(=O)(=O)O)c1. The zero-order valence-corrected chi connectivity index (χ0v) is 55.5. The van der Waals surface area contributed by atoms with Crippen molar-refractivity contribution in [3.8, 4) is 17.7 Å². The molecule has 40 heteroatoms. The zero-order chi connectivity index (χ0) is 68.5. The molecule has 2 amide bonds. The van der Waals surface area contributed by atoms with Crippen molar-refractivity contribution in [2.45, 2.75) is 79.9 Å². The van der Waals surface area contributed by atoms with Gasteiger partial charge in [-0.05, 0) is 130 Å². The average molecular weight is 1440 g/mol. The highest BCUT2D eigenvalue weighted by molar-refractivity contribution is 7.99. The lowest BCUT2D eigenvalue weighted by atomic mass is 10.1. The summed E-state index contributed by atoms with van der Waals surface area (Å²) >= 11 is 8.01. The third-order valence-corrected chi connectivity index (χ3v) is 19.5. The van der Waals surface area contributed by atoms with Gasteiger partial charge in [-0.15, -0.1) is 54.2 Å². The summed E-state index contributed by atoms with van der Waals surface area (Å²) in [6.07, 6.45) is -0.129. The number of rotatable bonds is 28. The molecule has 5 aromatic carbocycles. The van der Waals surface area contributed by atoms with Crippen LogP contribution in [0.4, 0.5) is 56.9 Å². The summed E-state index contributed by atoms with van der Waals surface area (Å²) in [5.74, 6) is -3.70. The molecular weight excluding hydrogens is 1380 g/mol. The number of nitrogens with zero attached hydrogens (tertiary/aromatic N) is 11. The topological polar surface area (TPSA) is 499 Å². The molecular formula is C53H54ClN13O19S7. The summed E-state index contributed by atoms with van der Waals surface area (Å²) in [5, 5.41) is 61.8. The summed E-state index contributed by atoms with van der Waals surface area (Å²) in [5.41, 5.74) is 0.341. The van der Waals surface area contributed by atoms with Gasteiger partial charge in [0, 0.05) is 35.3 Å². The Morgan fingerprint density at radius 3 is 1.65 bits per heavy atom. The molecule has 7 aromatic rings. The van der Waals surface area contributed by atoms with Gasteiger partial charge in [0.1, 0.15) is 50.7 Å². The Hall–Kier alpha value is -7.98. The van der Waals surface area contributed by atoms with Crippen LogP contribution in [-0.4, -0.2) is 127 Å². The lowest BCUT2D eigenvalue weighted by molar-refractivity contribution is -0.115. The number of azo groups is 4. The Kier molecular flexibility index (Phi) is 23.3. The van der Waals surface area contributed by atoms with Crippen molar-refractivity contribution in [1.29, 1.82) is 5.26 Å². The molecule has 0 bridgehead atoms. The maximum absolute atomic E-state index is 12.9. The van der Waals surface area contributed by atoms with E-state index in [2.05, 4.69) is 56.5 Å². The molecule has 32 nitrogen and oxygen atoms in total. The molecule has 0 fully saturated rings. The lowest BCUT2D eigenvalue weighted by Gasteiger charge is -2.13. The van der Waals surface area contributed by atoms with Crippen molar-refractivity contribution in [2.75, 3.05) is 46.0 Å². The number of hydrogen-bond acceptors (Lipinski definition) is 26. The predicted molar refractivity (Wildman–Crippen MR) is 344 cm³/mol. The normalized spacial score (nSPS) is 12.7. The Labute approximate surface area is 544 Å². The van der Waals surface area contributed by atoms with Gasteiger partial charge in [0.05, 0.1) is 67.6 Å². The van der Waals surface area contributed by atoms with Crippen molar-refractivity contribution in [1.82, 2.24) is 9.38 Å². The number of nitrogens with one attached hydrogen (secondary N) is 2. The lowest BCUT2D eigenvalue weighted by Crippen LogP contribution is -2.06. The number of anilines is 2. The number of carbonyl (C=O) groups excluding carboxylic acids is 2. The van der Waals surface area contributed by atoms with E-state index in [1.165, 1.54) is 76.2 Å². The largest absolute Gasteiger partial charge is 0.493 e. The monoisotopic (exact) mass is 1440 g/mol. The fraction of sp³-hybridized carbons (Fsp3) is 0.283. The van der Waals surface area contributed by atoms with Gasteiger partial charge in [0.15, 0.2) is 11.3 Å². The van der Waals surface area contributed by atoms with E-state index in [9.17, 15) is 84.8 Å². The fourth-order valence-electron chi connectivity index (χ4n) is 8.47. The number of carbonyl (C=O) groups is 2. The highest BCUT2D eigenvalue weighted by Crippen LogP contribution is 2.46. The second-order valence-electron chi connectivity index (χ2n) is 20.0. The van der Waals surface area contributed by atoms with Crippen LogP contribution < -0.4 is 15.4 Å². The second-order valence-corrected chi connectivity index (χ2v) is 30.2. The molecule has 2 heterocycles. The van der Waals surface area contributed by atoms with Gasteiger partial charge in [-0.25, -0.2) is 4.98 Å². The number of halogens is 1. The van der Waals surface area contributed by atoms with Crippen molar-refractivity contribution >= 4 is 171 Å². The van der Waals surface area contributed by atoms with Gasteiger partial charge in [-0.3, -0.25) is 36.8 Å². The number of aryl methyl sites for hydroxylation is 2. The molecule has 0 aliphatic heterocycles. The summed E-state index contributed by atoms with van der Waals surface area (Å²) in [7, 11) is -22.7. The minimum Gasteiger partial charge on any atom is -0.493 e. The molecule has 0 atom stereocenters. The fourth-order valence-corrected chi connectivity index (χ4v) is 13.9. The minimum atomic E-state index is -4.80. The zero-order valence-electron chi connectivity index (χ0n) is 49.1. The molecule has 0 radical (unpaired) electrons. The van der Waals surface area contributed by atoms with Crippen molar-refractivity contribution < 1.29 is 84.3 Å². The quantitative estimate of drug-likeness (QED) is 0.00977. The van der Waals surface area contributed by atoms with E-state index in [1.807, 2.05) is 6.07 Å². The first-order valence-corrected chi connectivity index (χ1v) is 36.7. The molecule has 0 saturated heterocycles. The highest BCUT2D eigenvalue weighted by Gasteiger charge is 2.25. The first-order chi connectivity index (χ1) is 43.4. The van der Waals surface area contributed by atoms with E-state index >= 15 is 0 Å². The number of nitriles is 1. The van der Waals surface area contributed by atoms with Crippen LogP contribution in [0.25, 0.3) is 16.7 Å². The molecule has 0 aliphatic rings. The summed E-state index contributed by atoms with van der Waals surface area (Å²) < 4.78 is 173. The summed E-state index contributed by atoms with van der Waals surface area (Å²) in [6.45, 7) is 6.74. The van der Waals surface area contributed by atoms with E-state index in [1.54, 1.807) is 6.92 Å². The van der Waals surface area contributed by atoms with Crippen LogP contribution >= 0.6 is 35.1 Å². The summed E-state index contributed by atoms with van der Waals surface area (Å²) in [4.78, 5) is 29.2. The Bertz CT molecular complexity index is 4930. The van der Waals surface area contributed by atoms with Crippen LogP contribution in [-0.2, 0) is 60.2 Å². The highest BCUT2D eigenvalue weighted by atomic mass is 35.5. The number of unbranched alkanes of at least 4 members (excludes halogenated alkanes) is 1. The van der Waals surface area contributed by atoms with Crippen LogP contribution in [0.15, 0.2) is 127 Å². The van der Waals surface area contributed by atoms with Crippen LogP contribution in [0.3, 0.4) is 0 Å². The second kappa shape index (κ2) is 30.0. The number of hydrogen-bond donors (Lipinski definition) is 8. The number of aromatic hydroxyl groups is 1. The first-order valence-electron chi connectivity index (χ1n) is 26.7. The average Bonchev–Trinajstić information content (AvgIpc) is 1.59. The Balaban J connectivity index is 1.34.